The fourth-order valence-electron chi connectivity index (χ4n) is 1.19. The topological polar surface area (TPSA) is 35.5 Å². The van der Waals surface area contributed by atoms with Gasteiger partial charge in [-0.15, -0.1) is 0 Å². The summed E-state index contributed by atoms with van der Waals surface area (Å²) in [6.07, 6.45) is 1.91. The Morgan fingerprint density at radius 2 is 2.08 bits per heavy atom. The number of rotatable bonds is 8. The van der Waals surface area contributed by atoms with E-state index in [4.69, 9.17) is 9.47 Å². The maximum atomic E-state index is 11.5. The van der Waals surface area contributed by atoms with Crippen LogP contribution < -0.4 is 0 Å². The molecule has 0 aromatic carbocycles. The molecular weight excluding hydrogens is 168 g/mol. The highest BCUT2D eigenvalue weighted by Crippen LogP contribution is 2.04. The van der Waals surface area contributed by atoms with E-state index in [9.17, 15) is 4.79 Å². The first-order valence-electron chi connectivity index (χ1n) is 4.89. The van der Waals surface area contributed by atoms with Crippen molar-refractivity contribution in [2.24, 2.45) is 0 Å². The van der Waals surface area contributed by atoms with E-state index in [-0.39, 0.29) is 11.9 Å². The van der Waals surface area contributed by atoms with Gasteiger partial charge in [-0.25, -0.2) is 0 Å². The Labute approximate surface area is 80.4 Å². The Bertz CT molecular complexity index is 134. The molecule has 0 aromatic rings. The molecule has 1 unspecified atom stereocenters. The van der Waals surface area contributed by atoms with Crippen molar-refractivity contribution in [2.75, 3.05) is 20.3 Å². The number of carbonyl (C=O) groups excluding carboxylic acids is 1. The van der Waals surface area contributed by atoms with E-state index < -0.39 is 0 Å². The highest BCUT2D eigenvalue weighted by Gasteiger charge is 2.15. The molecule has 0 aromatic heterocycles. The highest BCUT2D eigenvalue weighted by molar-refractivity contribution is 5.82. The van der Waals surface area contributed by atoms with Crippen LogP contribution in [0.15, 0.2) is 0 Å². The molecule has 0 spiro atoms. The molecule has 0 amide bonds. The predicted octanol–water partition coefficient (Wildman–Crippen LogP) is 1.80. The second kappa shape index (κ2) is 8.20. The largest absolute Gasteiger partial charge is 0.385 e. The average Bonchev–Trinajstić information content (AvgIpc) is 2.14. The van der Waals surface area contributed by atoms with E-state index >= 15 is 0 Å². The van der Waals surface area contributed by atoms with Gasteiger partial charge < -0.3 is 9.47 Å². The number of Topliss-reactive ketones (excluding diaryl/α,β-unsaturated/α-hetero) is 1. The summed E-state index contributed by atoms with van der Waals surface area (Å²) >= 11 is 0. The average molecular weight is 188 g/mol. The van der Waals surface area contributed by atoms with Crippen LogP contribution in [0.5, 0.6) is 0 Å². The molecule has 0 saturated heterocycles. The third-order valence-corrected chi connectivity index (χ3v) is 1.87. The maximum Gasteiger partial charge on any atom is 0.161 e. The van der Waals surface area contributed by atoms with Crippen molar-refractivity contribution in [1.29, 1.82) is 0 Å². The summed E-state index contributed by atoms with van der Waals surface area (Å²) in [7, 11) is 1.64. The zero-order chi connectivity index (χ0) is 10.1. The van der Waals surface area contributed by atoms with Gasteiger partial charge in [0.2, 0.25) is 0 Å². The van der Waals surface area contributed by atoms with E-state index in [1.165, 1.54) is 0 Å². The summed E-state index contributed by atoms with van der Waals surface area (Å²) in [5.41, 5.74) is 0. The molecule has 0 fully saturated rings. The minimum Gasteiger partial charge on any atom is -0.385 e. The van der Waals surface area contributed by atoms with Crippen molar-refractivity contribution >= 4 is 5.78 Å². The van der Waals surface area contributed by atoms with Crippen LogP contribution in [-0.4, -0.2) is 32.2 Å². The molecule has 1 atom stereocenters. The van der Waals surface area contributed by atoms with Gasteiger partial charge in [-0.3, -0.25) is 4.79 Å². The summed E-state index contributed by atoms with van der Waals surface area (Å²) in [6, 6.07) is 0. The van der Waals surface area contributed by atoms with Gasteiger partial charge in [0.1, 0.15) is 6.10 Å². The van der Waals surface area contributed by atoms with Crippen LogP contribution >= 0.6 is 0 Å². The van der Waals surface area contributed by atoms with Gasteiger partial charge in [-0.05, 0) is 19.8 Å². The van der Waals surface area contributed by atoms with Crippen LogP contribution in [0.2, 0.25) is 0 Å². The van der Waals surface area contributed by atoms with E-state index in [2.05, 4.69) is 0 Å². The van der Waals surface area contributed by atoms with E-state index in [1.807, 2.05) is 13.8 Å². The zero-order valence-electron chi connectivity index (χ0n) is 8.84. The number of carbonyl (C=O) groups is 1. The van der Waals surface area contributed by atoms with Crippen molar-refractivity contribution in [1.82, 2.24) is 0 Å². The molecule has 0 radical (unpaired) electrons. The maximum absolute atomic E-state index is 11.5. The smallest absolute Gasteiger partial charge is 0.161 e. The van der Waals surface area contributed by atoms with E-state index in [0.717, 1.165) is 12.8 Å². The predicted molar refractivity (Wildman–Crippen MR) is 51.8 cm³/mol. The van der Waals surface area contributed by atoms with Crippen LogP contribution in [0.25, 0.3) is 0 Å². The Balaban J connectivity index is 3.64. The molecule has 0 aliphatic heterocycles. The van der Waals surface area contributed by atoms with Crippen LogP contribution in [-0.2, 0) is 14.3 Å². The molecule has 78 valence electrons. The standard InChI is InChI=1S/C10H20O3/c1-4-10(13-5-2)9(11)7-6-8-12-3/h10H,4-8H2,1-3H3. The zero-order valence-corrected chi connectivity index (χ0v) is 8.84. The van der Waals surface area contributed by atoms with Crippen LogP contribution in [0.4, 0.5) is 0 Å². The Hall–Kier alpha value is -0.410. The van der Waals surface area contributed by atoms with E-state index in [1.54, 1.807) is 7.11 Å². The minimum absolute atomic E-state index is 0.196. The Morgan fingerprint density at radius 1 is 1.38 bits per heavy atom. The van der Waals surface area contributed by atoms with Gasteiger partial charge in [-0.1, -0.05) is 6.92 Å². The second-order valence-corrected chi connectivity index (χ2v) is 2.91. The molecule has 13 heavy (non-hydrogen) atoms. The highest BCUT2D eigenvalue weighted by atomic mass is 16.5. The lowest BCUT2D eigenvalue weighted by atomic mass is 10.1. The summed E-state index contributed by atoms with van der Waals surface area (Å²) in [5, 5.41) is 0. The normalized spacial score (nSPS) is 12.8. The third kappa shape index (κ3) is 5.77. The molecule has 0 saturated carbocycles. The molecule has 0 bridgehead atoms. The lowest BCUT2D eigenvalue weighted by Crippen LogP contribution is -2.23. The molecule has 0 aliphatic rings. The third-order valence-electron chi connectivity index (χ3n) is 1.87. The second-order valence-electron chi connectivity index (χ2n) is 2.91. The SMILES string of the molecule is CCOC(CC)C(=O)CCCOC. The molecule has 0 aliphatic carbocycles. The summed E-state index contributed by atoms with van der Waals surface area (Å²) < 4.78 is 10.2. The van der Waals surface area contributed by atoms with Crippen molar-refractivity contribution in [3.8, 4) is 0 Å². The van der Waals surface area contributed by atoms with E-state index in [0.29, 0.717) is 19.6 Å². The first kappa shape index (κ1) is 12.6. The number of hydrogen-bond donors (Lipinski definition) is 0. The van der Waals surface area contributed by atoms with Crippen molar-refractivity contribution in [3.05, 3.63) is 0 Å². The first-order valence-corrected chi connectivity index (χ1v) is 4.89. The van der Waals surface area contributed by atoms with Crippen molar-refractivity contribution < 1.29 is 14.3 Å². The molecule has 3 heteroatoms. The molecular formula is C10H20O3. The van der Waals surface area contributed by atoms with Crippen LogP contribution in [0, 0.1) is 0 Å². The van der Waals surface area contributed by atoms with Gasteiger partial charge in [0.05, 0.1) is 0 Å². The summed E-state index contributed by atoms with van der Waals surface area (Å²) in [6.45, 7) is 5.13. The minimum atomic E-state index is -0.207. The quantitative estimate of drug-likeness (QED) is 0.545. The van der Waals surface area contributed by atoms with Crippen molar-refractivity contribution in [2.45, 2.75) is 39.2 Å². The fraction of sp³-hybridized carbons (Fsp3) is 0.900. The number of ketones is 1. The van der Waals surface area contributed by atoms with Gasteiger partial charge in [0.15, 0.2) is 5.78 Å². The van der Waals surface area contributed by atoms with Gasteiger partial charge in [0.25, 0.3) is 0 Å². The number of methoxy groups -OCH3 is 1. The fourth-order valence-corrected chi connectivity index (χ4v) is 1.19. The lowest BCUT2D eigenvalue weighted by molar-refractivity contribution is -0.130. The summed E-state index contributed by atoms with van der Waals surface area (Å²) in [4.78, 5) is 11.5. The number of ether oxygens (including phenoxy) is 2. The number of hydrogen-bond acceptors (Lipinski definition) is 3. The molecule has 3 nitrogen and oxygen atoms in total. The molecule has 0 N–H and O–H groups in total. The Morgan fingerprint density at radius 3 is 2.54 bits per heavy atom. The molecule has 0 heterocycles. The van der Waals surface area contributed by atoms with Crippen LogP contribution in [0.3, 0.4) is 0 Å². The van der Waals surface area contributed by atoms with Gasteiger partial charge >= 0.3 is 0 Å². The Kier molecular flexibility index (Phi) is 7.94. The first-order chi connectivity index (χ1) is 6.26. The monoisotopic (exact) mass is 188 g/mol. The van der Waals surface area contributed by atoms with Crippen molar-refractivity contribution in [3.63, 3.8) is 0 Å². The van der Waals surface area contributed by atoms with Gasteiger partial charge in [-0.2, -0.15) is 0 Å². The lowest BCUT2D eigenvalue weighted by Gasteiger charge is -2.13. The van der Waals surface area contributed by atoms with Gasteiger partial charge in [0, 0.05) is 26.7 Å². The molecule has 0 rings (SSSR count). The summed E-state index contributed by atoms with van der Waals surface area (Å²) in [5.74, 6) is 0.196. The van der Waals surface area contributed by atoms with Crippen LogP contribution in [0.1, 0.15) is 33.1 Å².